The van der Waals surface area contributed by atoms with Gasteiger partial charge in [-0.15, -0.1) is 0 Å². The number of nitrogens with zero attached hydrogens (tertiary/aromatic N) is 1. The van der Waals surface area contributed by atoms with Crippen molar-refractivity contribution in [1.29, 1.82) is 0 Å². The lowest BCUT2D eigenvalue weighted by atomic mass is 10.1. The van der Waals surface area contributed by atoms with Crippen molar-refractivity contribution < 1.29 is 28.4 Å². The van der Waals surface area contributed by atoms with Gasteiger partial charge in [0.2, 0.25) is 0 Å². The number of carbonyl (C=O) groups excluding carboxylic acids is 2. The molecule has 0 saturated heterocycles. The van der Waals surface area contributed by atoms with Gasteiger partial charge in [0.15, 0.2) is 5.78 Å². The molecule has 142 valence electrons. The molecule has 0 aliphatic heterocycles. The summed E-state index contributed by atoms with van der Waals surface area (Å²) in [4.78, 5) is 22.9. The van der Waals surface area contributed by atoms with E-state index in [0.29, 0.717) is 6.42 Å². The standard InChI is InChI=1S/C19H37NO4/c1-4-5-6-7-8-9-10-11-12-13-17(21)15-20(2,3)16-18(22)14-19(23)24/h18,22H,4-16H2,1-3H3/i16D2,18D. The van der Waals surface area contributed by atoms with Crippen molar-refractivity contribution in [1.82, 2.24) is 0 Å². The van der Waals surface area contributed by atoms with Gasteiger partial charge in [0.05, 0.1) is 18.2 Å². The number of rotatable bonds is 16. The third-order valence-corrected chi connectivity index (χ3v) is 3.87. The molecule has 0 aliphatic rings. The van der Waals surface area contributed by atoms with Crippen LogP contribution in [0.2, 0.25) is 0 Å². The summed E-state index contributed by atoms with van der Waals surface area (Å²) in [6.07, 6.45) is 6.50. The van der Waals surface area contributed by atoms with E-state index >= 15 is 0 Å². The molecule has 0 aromatic carbocycles. The van der Waals surface area contributed by atoms with Crippen LogP contribution in [0.4, 0.5) is 0 Å². The molecular weight excluding hydrogens is 306 g/mol. The van der Waals surface area contributed by atoms with Gasteiger partial charge in [0, 0.05) is 18.8 Å². The second kappa shape index (κ2) is 13.4. The van der Waals surface area contributed by atoms with Crippen LogP contribution in [0.15, 0.2) is 0 Å². The maximum atomic E-state index is 12.2. The molecule has 1 unspecified atom stereocenters. The number of unbranched alkanes of at least 4 members (excludes halogenated alkanes) is 8. The molecule has 0 radical (unpaired) electrons. The molecule has 0 heterocycles. The molecule has 0 bridgehead atoms. The second-order valence-electron chi connectivity index (χ2n) is 7.07. The van der Waals surface area contributed by atoms with Gasteiger partial charge in [-0.3, -0.25) is 4.79 Å². The minimum Gasteiger partial charge on any atom is -0.550 e. The fourth-order valence-electron chi connectivity index (χ4n) is 2.72. The Morgan fingerprint density at radius 2 is 1.58 bits per heavy atom. The fourth-order valence-corrected chi connectivity index (χ4v) is 2.72. The van der Waals surface area contributed by atoms with Crippen LogP contribution >= 0.6 is 0 Å². The second-order valence-corrected chi connectivity index (χ2v) is 7.07. The maximum Gasteiger partial charge on any atom is 0.186 e. The third-order valence-electron chi connectivity index (χ3n) is 3.87. The van der Waals surface area contributed by atoms with Crippen molar-refractivity contribution in [3.05, 3.63) is 0 Å². The van der Waals surface area contributed by atoms with E-state index in [1.807, 2.05) is 0 Å². The molecule has 0 amide bonds. The Morgan fingerprint density at radius 1 is 1.08 bits per heavy atom. The molecule has 0 saturated carbocycles. The predicted molar refractivity (Wildman–Crippen MR) is 94.3 cm³/mol. The number of likely N-dealkylation sites (N-methyl/N-ethyl adjacent to an activating group) is 1. The highest BCUT2D eigenvalue weighted by Gasteiger charge is 2.23. The molecule has 24 heavy (non-hydrogen) atoms. The molecule has 5 heteroatoms. The van der Waals surface area contributed by atoms with Crippen LogP contribution in [-0.4, -0.2) is 54.6 Å². The summed E-state index contributed by atoms with van der Waals surface area (Å²) in [5, 5.41) is 20.6. The number of carbonyl (C=O) groups is 2. The quantitative estimate of drug-likeness (QED) is 0.343. The average Bonchev–Trinajstić information content (AvgIpc) is 2.51. The first-order valence-electron chi connectivity index (χ1n) is 10.6. The predicted octanol–water partition coefficient (Wildman–Crippen LogP) is 2.05. The SMILES string of the molecule is [2H]C(O)(CC(=O)[O-])C([2H])([2H])[N+](C)(C)CC(=O)CCCCCCCCCCC. The first-order valence-corrected chi connectivity index (χ1v) is 9.14. The molecule has 0 rings (SSSR count). The first-order chi connectivity index (χ1) is 12.4. The van der Waals surface area contributed by atoms with E-state index in [1.165, 1.54) is 46.2 Å². The molecule has 0 fully saturated rings. The fraction of sp³-hybridized carbons (Fsp3) is 0.895. The Hall–Kier alpha value is -0.940. The van der Waals surface area contributed by atoms with Gasteiger partial charge in [0.25, 0.3) is 0 Å². The van der Waals surface area contributed by atoms with Crippen LogP contribution in [0.25, 0.3) is 0 Å². The van der Waals surface area contributed by atoms with Crippen molar-refractivity contribution in [2.24, 2.45) is 0 Å². The number of ketones is 1. The Balaban J connectivity index is 4.29. The number of Topliss-reactive ketones (excluding diaryl/α,β-unsaturated/α-hetero) is 1. The van der Waals surface area contributed by atoms with E-state index in [-0.39, 0.29) is 12.3 Å². The molecule has 1 N–H and O–H groups in total. The highest BCUT2D eigenvalue weighted by Crippen LogP contribution is 2.11. The Labute approximate surface area is 151 Å². The van der Waals surface area contributed by atoms with Crippen molar-refractivity contribution in [2.45, 2.75) is 83.6 Å². The van der Waals surface area contributed by atoms with Gasteiger partial charge in [-0.05, 0) is 6.42 Å². The number of aliphatic carboxylic acids is 1. The molecule has 0 spiro atoms. The zero-order valence-corrected chi connectivity index (χ0v) is 15.6. The summed E-state index contributed by atoms with van der Waals surface area (Å²) in [5.74, 6) is -1.87. The molecule has 0 aromatic heterocycles. The van der Waals surface area contributed by atoms with E-state index in [1.54, 1.807) is 0 Å². The van der Waals surface area contributed by atoms with E-state index in [0.717, 1.165) is 25.7 Å². The van der Waals surface area contributed by atoms with Gasteiger partial charge in [-0.25, -0.2) is 0 Å². The Bertz CT molecular complexity index is 468. The van der Waals surface area contributed by atoms with Crippen molar-refractivity contribution in [2.75, 3.05) is 27.1 Å². The monoisotopic (exact) mass is 346 g/mol. The summed E-state index contributed by atoms with van der Waals surface area (Å²) in [7, 11) is 2.76. The Morgan fingerprint density at radius 3 is 2.08 bits per heavy atom. The van der Waals surface area contributed by atoms with Crippen LogP contribution < -0.4 is 5.11 Å². The summed E-state index contributed by atoms with van der Waals surface area (Å²) in [6.45, 7) is -0.657. The summed E-state index contributed by atoms with van der Waals surface area (Å²) in [6, 6.07) is 0. The zero-order valence-electron chi connectivity index (χ0n) is 18.6. The van der Waals surface area contributed by atoms with E-state index < -0.39 is 29.5 Å². The van der Waals surface area contributed by atoms with Gasteiger partial charge in [0.1, 0.15) is 19.1 Å². The molecular formula is C19H37NO4. The third kappa shape index (κ3) is 14.6. The summed E-state index contributed by atoms with van der Waals surface area (Å²) in [5.41, 5.74) is 0. The maximum absolute atomic E-state index is 12.2. The lowest BCUT2D eigenvalue weighted by Crippen LogP contribution is -2.49. The number of quaternary nitrogens is 1. The lowest BCUT2D eigenvalue weighted by Gasteiger charge is -2.31. The molecule has 0 aliphatic carbocycles. The average molecular weight is 347 g/mol. The van der Waals surface area contributed by atoms with Crippen LogP contribution in [0.1, 0.15) is 81.7 Å². The van der Waals surface area contributed by atoms with E-state index in [4.69, 9.17) is 4.11 Å². The van der Waals surface area contributed by atoms with Crippen molar-refractivity contribution >= 4 is 11.8 Å². The minimum atomic E-state index is -2.88. The molecule has 5 nitrogen and oxygen atoms in total. The summed E-state index contributed by atoms with van der Waals surface area (Å²) >= 11 is 0. The van der Waals surface area contributed by atoms with Crippen LogP contribution in [0, 0.1) is 0 Å². The van der Waals surface area contributed by atoms with Crippen LogP contribution in [-0.2, 0) is 9.59 Å². The van der Waals surface area contributed by atoms with Gasteiger partial charge >= 0.3 is 0 Å². The number of carboxylic acid groups (broad SMARTS) is 1. The largest absolute Gasteiger partial charge is 0.550 e. The van der Waals surface area contributed by atoms with Crippen LogP contribution in [0.3, 0.4) is 0 Å². The van der Waals surface area contributed by atoms with Crippen molar-refractivity contribution in [3.8, 4) is 0 Å². The first kappa shape index (κ1) is 17.9. The van der Waals surface area contributed by atoms with Crippen molar-refractivity contribution in [3.63, 3.8) is 0 Å². The topological polar surface area (TPSA) is 77.4 Å². The number of hydrogen-bond donors (Lipinski definition) is 1. The summed E-state index contributed by atoms with van der Waals surface area (Å²) < 4.78 is 23.1. The molecule has 0 aromatic rings. The lowest BCUT2D eigenvalue weighted by molar-refractivity contribution is -0.885. The van der Waals surface area contributed by atoms with Gasteiger partial charge in [-0.1, -0.05) is 58.3 Å². The molecule has 1 atom stereocenters. The Kier molecular flexibility index (Phi) is 9.95. The van der Waals surface area contributed by atoms with E-state index in [2.05, 4.69) is 6.92 Å². The normalized spacial score (nSPS) is 16.8. The zero-order chi connectivity index (χ0) is 21.1. The number of hydrogen-bond acceptors (Lipinski definition) is 4. The smallest absolute Gasteiger partial charge is 0.186 e. The van der Waals surface area contributed by atoms with E-state index in [9.17, 15) is 19.8 Å². The highest BCUT2D eigenvalue weighted by molar-refractivity contribution is 5.79. The minimum absolute atomic E-state index is 0.156. The van der Waals surface area contributed by atoms with Gasteiger partial charge in [-0.2, -0.15) is 0 Å². The number of carboxylic acids is 1. The highest BCUT2D eigenvalue weighted by atomic mass is 16.4. The van der Waals surface area contributed by atoms with Gasteiger partial charge < -0.3 is 19.5 Å². The van der Waals surface area contributed by atoms with Crippen LogP contribution in [0.5, 0.6) is 0 Å². The number of aliphatic hydroxyl groups is 1.